The summed E-state index contributed by atoms with van der Waals surface area (Å²) in [4.78, 5) is 2.57. The predicted molar refractivity (Wildman–Crippen MR) is 117 cm³/mol. The summed E-state index contributed by atoms with van der Waals surface area (Å²) in [5.74, 6) is 2.56. The molecule has 3 heteroatoms. The van der Waals surface area contributed by atoms with Gasteiger partial charge in [-0.3, -0.25) is 4.90 Å². The van der Waals surface area contributed by atoms with Crippen molar-refractivity contribution in [2.45, 2.75) is 38.1 Å². The highest BCUT2D eigenvalue weighted by atomic mass is 16.5. The van der Waals surface area contributed by atoms with Gasteiger partial charge >= 0.3 is 0 Å². The fourth-order valence-corrected chi connectivity index (χ4v) is 4.09. The lowest BCUT2D eigenvalue weighted by Gasteiger charge is -2.32. The summed E-state index contributed by atoms with van der Waals surface area (Å²) >= 11 is 0. The molecule has 0 radical (unpaired) electrons. The predicted octanol–water partition coefficient (Wildman–Crippen LogP) is 5.72. The molecule has 1 aliphatic heterocycles. The molecule has 0 saturated carbocycles. The van der Waals surface area contributed by atoms with E-state index in [2.05, 4.69) is 77.0 Å². The zero-order valence-corrected chi connectivity index (χ0v) is 16.7. The van der Waals surface area contributed by atoms with Gasteiger partial charge in [0, 0.05) is 19.3 Å². The Labute approximate surface area is 168 Å². The second kappa shape index (κ2) is 9.11. The van der Waals surface area contributed by atoms with Crippen LogP contribution in [0.4, 0.5) is 5.69 Å². The zero-order chi connectivity index (χ0) is 19.2. The summed E-state index contributed by atoms with van der Waals surface area (Å²) in [6.07, 6.45) is 11.0. The van der Waals surface area contributed by atoms with Gasteiger partial charge in [0.25, 0.3) is 0 Å². The van der Waals surface area contributed by atoms with Gasteiger partial charge in [-0.15, -0.1) is 0 Å². The van der Waals surface area contributed by atoms with Crippen molar-refractivity contribution < 1.29 is 4.74 Å². The summed E-state index contributed by atoms with van der Waals surface area (Å²) in [5, 5.41) is 3.25. The van der Waals surface area contributed by atoms with Gasteiger partial charge in [0.05, 0.1) is 0 Å². The minimum atomic E-state index is 0.678. The number of hydrogen-bond donors (Lipinski definition) is 1. The van der Waals surface area contributed by atoms with Crippen molar-refractivity contribution in [1.82, 2.24) is 4.90 Å². The van der Waals surface area contributed by atoms with E-state index in [0.717, 1.165) is 44.0 Å². The van der Waals surface area contributed by atoms with Crippen LogP contribution in [-0.4, -0.2) is 25.0 Å². The van der Waals surface area contributed by atoms with Crippen LogP contribution in [0.3, 0.4) is 0 Å². The second-order valence-electron chi connectivity index (χ2n) is 7.76. The average Bonchev–Trinajstić information content (AvgIpc) is 2.76. The summed E-state index contributed by atoms with van der Waals surface area (Å²) in [6, 6.07) is 17.5. The van der Waals surface area contributed by atoms with Crippen LogP contribution in [0.1, 0.15) is 42.7 Å². The number of rotatable bonds is 6. The van der Waals surface area contributed by atoms with Gasteiger partial charge in [0.1, 0.15) is 11.5 Å². The third kappa shape index (κ3) is 4.85. The molecule has 0 atom stereocenters. The van der Waals surface area contributed by atoms with Crippen molar-refractivity contribution in [3.8, 4) is 5.75 Å². The number of nitrogens with one attached hydrogen (secondary N) is 1. The van der Waals surface area contributed by atoms with Crippen molar-refractivity contribution in [3.05, 3.63) is 83.6 Å². The Morgan fingerprint density at radius 2 is 1.86 bits per heavy atom. The molecule has 0 spiro atoms. The highest BCUT2D eigenvalue weighted by molar-refractivity contribution is 5.46. The van der Waals surface area contributed by atoms with E-state index < -0.39 is 0 Å². The first kappa shape index (κ1) is 18.8. The fraction of sp³-hybridized carbons (Fsp3) is 0.360. The van der Waals surface area contributed by atoms with Crippen LogP contribution >= 0.6 is 0 Å². The van der Waals surface area contributed by atoms with Gasteiger partial charge in [0.15, 0.2) is 0 Å². The fourth-order valence-electron chi connectivity index (χ4n) is 4.09. The summed E-state index contributed by atoms with van der Waals surface area (Å²) < 4.78 is 5.94. The molecular formula is C25H30N2O. The molecule has 2 aliphatic rings. The van der Waals surface area contributed by atoms with E-state index >= 15 is 0 Å². The van der Waals surface area contributed by atoms with E-state index in [1.54, 1.807) is 0 Å². The van der Waals surface area contributed by atoms with Gasteiger partial charge in [-0.25, -0.2) is 0 Å². The lowest BCUT2D eigenvalue weighted by molar-refractivity contribution is 0.204. The van der Waals surface area contributed by atoms with Crippen LogP contribution in [0.25, 0.3) is 0 Å². The number of nitrogens with zero attached hydrogens (tertiary/aromatic N) is 1. The maximum absolute atomic E-state index is 5.94. The largest absolute Gasteiger partial charge is 0.458 e. The monoisotopic (exact) mass is 374 g/mol. The molecule has 146 valence electrons. The third-order valence-electron chi connectivity index (χ3n) is 5.76. The number of hydrogen-bond acceptors (Lipinski definition) is 3. The molecule has 0 unspecified atom stereocenters. The van der Waals surface area contributed by atoms with Gasteiger partial charge in [-0.1, -0.05) is 30.3 Å². The number of piperidine rings is 1. The van der Waals surface area contributed by atoms with E-state index in [9.17, 15) is 0 Å². The summed E-state index contributed by atoms with van der Waals surface area (Å²) in [6.45, 7) is 3.33. The minimum Gasteiger partial charge on any atom is -0.458 e. The third-order valence-corrected chi connectivity index (χ3v) is 5.76. The smallest absolute Gasteiger partial charge is 0.127 e. The van der Waals surface area contributed by atoms with Crippen molar-refractivity contribution >= 4 is 5.69 Å². The highest BCUT2D eigenvalue weighted by Gasteiger charge is 2.20. The first-order valence-electron chi connectivity index (χ1n) is 10.4. The maximum Gasteiger partial charge on any atom is 0.127 e. The lowest BCUT2D eigenvalue weighted by Crippen LogP contribution is -2.32. The van der Waals surface area contributed by atoms with Gasteiger partial charge in [-0.2, -0.15) is 0 Å². The molecular weight excluding hydrogens is 344 g/mol. The number of benzene rings is 2. The van der Waals surface area contributed by atoms with Crippen molar-refractivity contribution in [1.29, 1.82) is 0 Å². The number of ether oxygens (including phenoxy) is 1. The first-order valence-corrected chi connectivity index (χ1v) is 10.4. The molecule has 2 aromatic carbocycles. The quantitative estimate of drug-likeness (QED) is 0.700. The first-order chi connectivity index (χ1) is 13.8. The molecule has 3 nitrogen and oxygen atoms in total. The van der Waals surface area contributed by atoms with E-state index in [0.29, 0.717) is 5.92 Å². The van der Waals surface area contributed by atoms with Gasteiger partial charge in [0.2, 0.25) is 0 Å². The van der Waals surface area contributed by atoms with Crippen LogP contribution < -0.4 is 10.1 Å². The zero-order valence-electron chi connectivity index (χ0n) is 16.7. The Morgan fingerprint density at radius 3 is 2.57 bits per heavy atom. The maximum atomic E-state index is 5.94. The molecule has 28 heavy (non-hydrogen) atoms. The molecule has 0 bridgehead atoms. The lowest BCUT2D eigenvalue weighted by atomic mass is 9.89. The number of allylic oxidation sites excluding steroid dienone is 3. The van der Waals surface area contributed by atoms with Crippen molar-refractivity contribution in [2.75, 3.05) is 25.5 Å². The SMILES string of the molecule is CNc1cccc(C2CCN(Cc3ccc(OC4=CCCC=C4)cc3)CC2)c1. The number of anilines is 1. The van der Waals surface area contributed by atoms with Crippen LogP contribution in [0.2, 0.25) is 0 Å². The van der Waals surface area contributed by atoms with E-state index in [4.69, 9.17) is 4.74 Å². The van der Waals surface area contributed by atoms with Crippen molar-refractivity contribution in [3.63, 3.8) is 0 Å². The second-order valence-corrected chi connectivity index (χ2v) is 7.76. The molecule has 1 fully saturated rings. The topological polar surface area (TPSA) is 24.5 Å². The van der Waals surface area contributed by atoms with Crippen LogP contribution in [0.5, 0.6) is 5.75 Å². The Morgan fingerprint density at radius 1 is 1.04 bits per heavy atom. The molecule has 4 rings (SSSR count). The standard InChI is InChI=1S/C25H30N2O/c1-26-23-7-5-6-22(18-23)21-14-16-27(17-15-21)19-20-10-12-25(13-11-20)28-24-8-3-2-4-9-24/h3,5-13,18,21,26H,2,4,14-17,19H2,1H3. The normalized spacial score (nSPS) is 18.0. The van der Waals surface area contributed by atoms with Gasteiger partial charge < -0.3 is 10.1 Å². The van der Waals surface area contributed by atoms with Crippen LogP contribution in [0, 0.1) is 0 Å². The summed E-state index contributed by atoms with van der Waals surface area (Å²) in [7, 11) is 1.99. The van der Waals surface area contributed by atoms with E-state index in [1.807, 2.05) is 7.05 Å². The Hall–Kier alpha value is -2.52. The Balaban J connectivity index is 1.28. The molecule has 1 aliphatic carbocycles. The van der Waals surface area contributed by atoms with Crippen LogP contribution in [0.15, 0.2) is 72.5 Å². The van der Waals surface area contributed by atoms with E-state index in [-0.39, 0.29) is 0 Å². The van der Waals surface area contributed by atoms with Gasteiger partial charge in [-0.05, 0) is 92.2 Å². The Bertz CT molecular complexity index is 830. The molecule has 1 N–H and O–H groups in total. The molecule has 2 aromatic rings. The molecule has 1 saturated heterocycles. The van der Waals surface area contributed by atoms with Crippen LogP contribution in [-0.2, 0) is 6.54 Å². The summed E-state index contributed by atoms with van der Waals surface area (Å²) in [5.41, 5.74) is 4.04. The molecule has 0 amide bonds. The highest BCUT2D eigenvalue weighted by Crippen LogP contribution is 2.30. The average molecular weight is 375 g/mol. The number of likely N-dealkylation sites (tertiary alicyclic amines) is 1. The minimum absolute atomic E-state index is 0.678. The Kier molecular flexibility index (Phi) is 6.13. The van der Waals surface area contributed by atoms with Crippen molar-refractivity contribution in [2.24, 2.45) is 0 Å². The molecule has 1 heterocycles. The molecule has 0 aromatic heterocycles. The van der Waals surface area contributed by atoms with E-state index in [1.165, 1.54) is 29.7 Å².